The Bertz CT molecular complexity index is 1440. The van der Waals surface area contributed by atoms with Crippen molar-refractivity contribution < 1.29 is 0 Å². The van der Waals surface area contributed by atoms with Gasteiger partial charge in [0.05, 0.1) is 15.6 Å². The molecule has 4 nitrogen and oxygen atoms in total. The van der Waals surface area contributed by atoms with Crippen molar-refractivity contribution in [1.82, 2.24) is 14.0 Å². The maximum absolute atomic E-state index is 13.0. The second-order valence-corrected chi connectivity index (χ2v) is 7.79. The molecule has 0 radical (unpaired) electrons. The lowest BCUT2D eigenvalue weighted by Crippen LogP contribution is -2.22. The summed E-state index contributed by atoms with van der Waals surface area (Å²) in [5.41, 5.74) is 6.35. The van der Waals surface area contributed by atoms with Crippen LogP contribution < -0.4 is 10.1 Å². The minimum absolute atomic E-state index is 0.00341. The zero-order valence-corrected chi connectivity index (χ0v) is 15.6. The average Bonchev–Trinajstić information content (AvgIpc) is 3.22. The Balaban J connectivity index is 1.82. The first-order chi connectivity index (χ1) is 12.5. The molecule has 0 atom stereocenters. The van der Waals surface area contributed by atoms with Gasteiger partial charge in [-0.2, -0.15) is 0 Å². The van der Waals surface area contributed by atoms with Crippen LogP contribution in [0.5, 0.6) is 0 Å². The van der Waals surface area contributed by atoms with E-state index in [0.29, 0.717) is 4.53 Å². The van der Waals surface area contributed by atoms with Crippen molar-refractivity contribution in [2.24, 2.45) is 7.05 Å². The lowest BCUT2D eigenvalue weighted by molar-refractivity contribution is 0.968. The van der Waals surface area contributed by atoms with Gasteiger partial charge >= 0.3 is 0 Å². The van der Waals surface area contributed by atoms with E-state index >= 15 is 0 Å². The number of nitrogens with zero attached hydrogens (tertiary/aromatic N) is 3. The number of para-hydroxylation sites is 1. The van der Waals surface area contributed by atoms with Crippen LogP contribution in [0.4, 0.5) is 0 Å². The van der Waals surface area contributed by atoms with Crippen molar-refractivity contribution in [3.8, 4) is 0 Å². The predicted molar refractivity (Wildman–Crippen MR) is 108 cm³/mol. The number of fused-ring (bicyclic) bond motifs is 4. The number of benzene rings is 2. The number of aryl methyl sites for hydroxylation is 3. The van der Waals surface area contributed by atoms with E-state index in [1.54, 1.807) is 4.40 Å². The number of thiazole rings is 1. The summed E-state index contributed by atoms with van der Waals surface area (Å²) in [5.74, 6) is 0. The van der Waals surface area contributed by atoms with E-state index in [0.717, 1.165) is 32.5 Å². The molecule has 0 N–H and O–H groups in total. The third-order valence-corrected chi connectivity index (χ3v) is 6.04. The summed E-state index contributed by atoms with van der Waals surface area (Å²) in [4.78, 5) is 18.5. The van der Waals surface area contributed by atoms with Crippen LogP contribution in [0, 0.1) is 13.8 Å². The summed E-state index contributed by atoms with van der Waals surface area (Å²) < 4.78 is 4.54. The lowest BCUT2D eigenvalue weighted by atomic mass is 10.1. The first-order valence-corrected chi connectivity index (χ1v) is 9.32. The quantitative estimate of drug-likeness (QED) is 0.459. The molecule has 0 bridgehead atoms. The van der Waals surface area contributed by atoms with Gasteiger partial charge in [0.2, 0.25) is 0 Å². The second-order valence-electron chi connectivity index (χ2n) is 6.78. The minimum atomic E-state index is 0.00341. The van der Waals surface area contributed by atoms with Crippen LogP contribution in [-0.4, -0.2) is 14.0 Å². The third-order valence-electron chi connectivity index (χ3n) is 5.07. The largest absolute Gasteiger partial charge is 0.350 e. The molecule has 0 aliphatic heterocycles. The first kappa shape index (κ1) is 15.3. The molecule has 2 aromatic carbocycles. The maximum Gasteiger partial charge on any atom is 0.274 e. The summed E-state index contributed by atoms with van der Waals surface area (Å²) in [6.07, 6.45) is 4.05. The monoisotopic (exact) mass is 359 g/mol. The summed E-state index contributed by atoms with van der Waals surface area (Å²) in [6.45, 7) is 4.13. The smallest absolute Gasteiger partial charge is 0.274 e. The molecule has 0 amide bonds. The number of hydrogen-bond acceptors (Lipinski definition) is 3. The van der Waals surface area contributed by atoms with Crippen molar-refractivity contribution in [3.63, 3.8) is 0 Å². The van der Waals surface area contributed by atoms with Gasteiger partial charge in [-0.05, 0) is 49.2 Å². The van der Waals surface area contributed by atoms with Gasteiger partial charge in [-0.25, -0.2) is 9.38 Å². The fourth-order valence-electron chi connectivity index (χ4n) is 3.55. The highest BCUT2D eigenvalue weighted by Crippen LogP contribution is 2.22. The third kappa shape index (κ3) is 2.07. The lowest BCUT2D eigenvalue weighted by Gasteiger charge is -1.98. The summed E-state index contributed by atoms with van der Waals surface area (Å²) in [6, 6.07) is 12.3. The SMILES string of the molecule is Cc1cc2nc3s/c(=C\c4cn(C)c5ccccc45)c(=O)n3c2cc1C. The minimum Gasteiger partial charge on any atom is -0.350 e. The second kappa shape index (κ2) is 5.29. The van der Waals surface area contributed by atoms with Crippen LogP contribution >= 0.6 is 11.3 Å². The zero-order valence-electron chi connectivity index (χ0n) is 14.8. The molecule has 0 aliphatic rings. The Kier molecular flexibility index (Phi) is 3.12. The molecule has 26 heavy (non-hydrogen) atoms. The van der Waals surface area contributed by atoms with E-state index in [1.165, 1.54) is 22.5 Å². The molecule has 0 saturated heterocycles. The Hall–Kier alpha value is -2.92. The van der Waals surface area contributed by atoms with E-state index in [4.69, 9.17) is 0 Å². The molecule has 0 unspecified atom stereocenters. The Labute approximate surface area is 153 Å². The molecule has 0 fully saturated rings. The van der Waals surface area contributed by atoms with Gasteiger partial charge in [-0.15, -0.1) is 0 Å². The van der Waals surface area contributed by atoms with E-state index in [2.05, 4.69) is 53.9 Å². The number of aromatic nitrogens is 3. The highest BCUT2D eigenvalue weighted by molar-refractivity contribution is 7.15. The van der Waals surface area contributed by atoms with Crippen molar-refractivity contribution in [1.29, 1.82) is 0 Å². The number of imidazole rings is 1. The fraction of sp³-hybridized carbons (Fsp3) is 0.143. The van der Waals surface area contributed by atoms with Gasteiger partial charge in [-0.3, -0.25) is 4.79 Å². The molecule has 0 aliphatic carbocycles. The highest BCUT2D eigenvalue weighted by Gasteiger charge is 2.13. The molecule has 5 heteroatoms. The normalized spacial score (nSPS) is 12.8. The van der Waals surface area contributed by atoms with Crippen LogP contribution in [0.25, 0.3) is 33.0 Å². The van der Waals surface area contributed by atoms with E-state index < -0.39 is 0 Å². The summed E-state index contributed by atoms with van der Waals surface area (Å²) >= 11 is 1.45. The Morgan fingerprint density at radius 3 is 2.69 bits per heavy atom. The maximum atomic E-state index is 13.0. The standard InChI is InChI=1S/C21H17N3OS/c1-12-8-16-18(9-13(12)2)24-20(25)19(26-21(24)22-16)10-14-11-23(3)17-7-5-4-6-15(14)17/h4-11H,1-3H3/b19-10-. The van der Waals surface area contributed by atoms with Crippen molar-refractivity contribution in [3.05, 3.63) is 74.2 Å². The first-order valence-electron chi connectivity index (χ1n) is 8.51. The van der Waals surface area contributed by atoms with Crippen LogP contribution in [0.2, 0.25) is 0 Å². The van der Waals surface area contributed by atoms with Crippen LogP contribution in [-0.2, 0) is 7.05 Å². The predicted octanol–water partition coefficient (Wildman–Crippen LogP) is 3.57. The molecule has 3 aromatic heterocycles. The van der Waals surface area contributed by atoms with Crippen LogP contribution in [0.15, 0.2) is 47.4 Å². The van der Waals surface area contributed by atoms with Gasteiger partial charge in [-0.1, -0.05) is 29.5 Å². The van der Waals surface area contributed by atoms with Crippen LogP contribution in [0.1, 0.15) is 16.7 Å². The topological polar surface area (TPSA) is 39.3 Å². The van der Waals surface area contributed by atoms with Crippen molar-refractivity contribution in [2.75, 3.05) is 0 Å². The molecule has 128 valence electrons. The van der Waals surface area contributed by atoms with Crippen molar-refractivity contribution in [2.45, 2.75) is 13.8 Å². The molecule has 3 heterocycles. The fourth-order valence-corrected chi connectivity index (χ4v) is 4.53. The number of rotatable bonds is 1. The van der Waals surface area contributed by atoms with Gasteiger partial charge in [0.1, 0.15) is 0 Å². The average molecular weight is 359 g/mol. The molecule has 0 spiro atoms. The van der Waals surface area contributed by atoms with Crippen LogP contribution in [0.3, 0.4) is 0 Å². The Morgan fingerprint density at radius 1 is 1.08 bits per heavy atom. The zero-order chi connectivity index (χ0) is 18.0. The highest BCUT2D eigenvalue weighted by atomic mass is 32.1. The number of hydrogen-bond donors (Lipinski definition) is 0. The summed E-state index contributed by atoms with van der Waals surface area (Å²) in [7, 11) is 2.03. The van der Waals surface area contributed by atoms with Crippen molar-refractivity contribution >= 4 is 44.3 Å². The van der Waals surface area contributed by atoms with Gasteiger partial charge in [0.15, 0.2) is 4.96 Å². The van der Waals surface area contributed by atoms with Gasteiger partial charge in [0.25, 0.3) is 5.56 Å². The van der Waals surface area contributed by atoms with Gasteiger partial charge in [0, 0.05) is 29.7 Å². The van der Waals surface area contributed by atoms with E-state index in [1.807, 2.05) is 25.3 Å². The molecular formula is C21H17N3OS. The molecule has 0 saturated carbocycles. The Morgan fingerprint density at radius 2 is 1.85 bits per heavy atom. The van der Waals surface area contributed by atoms with E-state index in [9.17, 15) is 4.79 Å². The van der Waals surface area contributed by atoms with Gasteiger partial charge < -0.3 is 4.57 Å². The molecular weight excluding hydrogens is 342 g/mol. The van der Waals surface area contributed by atoms with E-state index in [-0.39, 0.29) is 5.56 Å². The molecule has 5 rings (SSSR count). The summed E-state index contributed by atoms with van der Waals surface area (Å²) in [5, 5.41) is 1.15. The molecule has 5 aromatic rings.